The molecule has 0 spiro atoms. The van der Waals surface area contributed by atoms with Gasteiger partial charge in [-0.05, 0) is 63.3 Å². The van der Waals surface area contributed by atoms with Crippen molar-refractivity contribution in [3.63, 3.8) is 0 Å². The number of hydrogen-bond donors (Lipinski definition) is 3. The maximum Gasteiger partial charge on any atom is 0.419 e. The Kier molecular flexibility index (Phi) is 8.63. The molecular weight excluding hydrogens is 520 g/mol. The molecule has 0 bridgehead atoms. The van der Waals surface area contributed by atoms with Crippen molar-refractivity contribution in [1.29, 1.82) is 0 Å². The minimum atomic E-state index is -1.37. The molecule has 1 atom stereocenters. The summed E-state index contributed by atoms with van der Waals surface area (Å²) < 4.78 is 11.2. The molecule has 1 saturated carbocycles. The number of carbonyl (C=O) groups excluding carboxylic acids is 4. The van der Waals surface area contributed by atoms with E-state index in [9.17, 15) is 24.3 Å². The Labute approximate surface area is 230 Å². The summed E-state index contributed by atoms with van der Waals surface area (Å²) in [6.45, 7) is 6.70. The zero-order valence-corrected chi connectivity index (χ0v) is 22.8. The number of aliphatic hydroxyl groups is 1. The van der Waals surface area contributed by atoms with Crippen LogP contribution in [0.3, 0.4) is 0 Å². The molecule has 1 aliphatic rings. The first kappa shape index (κ1) is 28.5. The van der Waals surface area contributed by atoms with Gasteiger partial charge in [0, 0.05) is 30.0 Å². The average molecular weight is 553 g/mol. The van der Waals surface area contributed by atoms with Crippen molar-refractivity contribution in [3.05, 3.63) is 53.0 Å². The zero-order chi connectivity index (χ0) is 29.0. The summed E-state index contributed by atoms with van der Waals surface area (Å²) in [4.78, 5) is 55.5. The molecule has 2 aromatic heterocycles. The van der Waals surface area contributed by atoms with Gasteiger partial charge in [0.05, 0.1) is 5.56 Å². The third-order valence-corrected chi connectivity index (χ3v) is 6.40. The first-order valence-electron chi connectivity index (χ1n) is 13.0. The van der Waals surface area contributed by atoms with Crippen LogP contribution in [0.5, 0.6) is 0 Å². The van der Waals surface area contributed by atoms with E-state index in [-0.39, 0.29) is 17.5 Å². The highest BCUT2D eigenvalue weighted by Crippen LogP contribution is 2.31. The van der Waals surface area contributed by atoms with Gasteiger partial charge in [0.1, 0.15) is 17.9 Å². The van der Waals surface area contributed by atoms with E-state index in [0.717, 1.165) is 16.9 Å². The van der Waals surface area contributed by atoms with Gasteiger partial charge in [0.2, 0.25) is 6.79 Å². The highest BCUT2D eigenvalue weighted by molar-refractivity contribution is 6.04. The largest absolute Gasteiger partial charge is 0.426 e. The Morgan fingerprint density at radius 1 is 1.20 bits per heavy atom. The number of carbonyl (C=O) groups is 4. The molecule has 1 aliphatic carbocycles. The Morgan fingerprint density at radius 3 is 2.62 bits per heavy atom. The molecular formula is C27H32N6O7. The zero-order valence-electron chi connectivity index (χ0n) is 22.8. The molecule has 1 aromatic carbocycles. The van der Waals surface area contributed by atoms with Crippen LogP contribution in [0.2, 0.25) is 0 Å². The molecule has 4 rings (SSSR count). The fraction of sp³-hybridized carbons (Fsp3) is 0.407. The number of imide groups is 1. The van der Waals surface area contributed by atoms with Crippen molar-refractivity contribution in [2.24, 2.45) is 0 Å². The van der Waals surface area contributed by atoms with Crippen LogP contribution < -0.4 is 10.6 Å². The van der Waals surface area contributed by atoms with Gasteiger partial charge >= 0.3 is 12.1 Å². The van der Waals surface area contributed by atoms with Crippen LogP contribution in [0.25, 0.3) is 5.52 Å². The number of rotatable bonds is 10. The molecule has 1 unspecified atom stereocenters. The molecule has 0 saturated heterocycles. The molecule has 0 radical (unpaired) electrons. The number of nitrogens with one attached hydrogen (secondary N) is 2. The van der Waals surface area contributed by atoms with Crippen LogP contribution in [-0.4, -0.2) is 74.0 Å². The summed E-state index contributed by atoms with van der Waals surface area (Å²) in [7, 11) is 0. The van der Waals surface area contributed by atoms with Crippen molar-refractivity contribution < 1.29 is 33.8 Å². The number of ether oxygens (including phenoxy) is 2. The number of aryl methyl sites for hydroxylation is 2. The minimum absolute atomic E-state index is 0.202. The summed E-state index contributed by atoms with van der Waals surface area (Å²) >= 11 is 0. The van der Waals surface area contributed by atoms with Gasteiger partial charge in [-0.15, -0.1) is 0 Å². The number of aliphatic hydroxyl groups excluding tert-OH is 1. The summed E-state index contributed by atoms with van der Waals surface area (Å²) in [5.41, 5.74) is 3.39. The van der Waals surface area contributed by atoms with Crippen LogP contribution >= 0.6 is 0 Å². The molecule has 3 amide bonds. The van der Waals surface area contributed by atoms with E-state index in [0.29, 0.717) is 47.5 Å². The highest BCUT2D eigenvalue weighted by atomic mass is 16.7. The fourth-order valence-electron chi connectivity index (χ4n) is 4.03. The number of anilines is 2. The second kappa shape index (κ2) is 12.1. The van der Waals surface area contributed by atoms with Crippen LogP contribution in [0.1, 0.15) is 65.0 Å². The van der Waals surface area contributed by atoms with Gasteiger partial charge in [-0.1, -0.05) is 13.0 Å². The molecule has 0 aliphatic heterocycles. The predicted octanol–water partition coefficient (Wildman–Crippen LogP) is 2.85. The first-order chi connectivity index (χ1) is 19.1. The topological polar surface area (TPSA) is 164 Å². The lowest BCUT2D eigenvalue weighted by molar-refractivity contribution is -0.161. The molecule has 3 aromatic rings. The van der Waals surface area contributed by atoms with E-state index in [1.165, 1.54) is 13.3 Å². The second-order valence-electron chi connectivity index (χ2n) is 9.55. The van der Waals surface area contributed by atoms with Crippen LogP contribution in [0.15, 0.2) is 30.7 Å². The third-order valence-electron chi connectivity index (χ3n) is 6.40. The number of esters is 1. The van der Waals surface area contributed by atoms with Gasteiger partial charge in [-0.2, -0.15) is 5.10 Å². The minimum Gasteiger partial charge on any atom is -0.426 e. The molecule has 40 heavy (non-hydrogen) atoms. The number of hydrogen-bond acceptors (Lipinski definition) is 10. The van der Waals surface area contributed by atoms with Crippen molar-refractivity contribution in [2.45, 2.75) is 59.1 Å². The standard InChI is InChI=1S/C27H32N6O7/c1-5-10-28-24(35)20-12-32-22(16(20)3)23(29-13-30-32)31-21-11-18(7-6-15(21)2)25(36)33(19-8-9-19)27(38)40-14-39-26(37)17(4)34/h6-7,11-13,17,19,34H,5,8-10,14H2,1-4H3,(H,28,35)(H,29,30,31). The lowest BCUT2D eigenvalue weighted by Gasteiger charge is -2.21. The molecule has 13 nitrogen and oxygen atoms in total. The van der Waals surface area contributed by atoms with Crippen LogP contribution in [-0.2, 0) is 14.3 Å². The van der Waals surface area contributed by atoms with E-state index < -0.39 is 30.9 Å². The maximum absolute atomic E-state index is 13.4. The molecule has 3 N–H and O–H groups in total. The van der Waals surface area contributed by atoms with Gasteiger partial charge in [-0.25, -0.2) is 24.0 Å². The number of aromatic nitrogens is 3. The van der Waals surface area contributed by atoms with Crippen molar-refractivity contribution in [1.82, 2.24) is 24.8 Å². The number of benzene rings is 1. The first-order valence-corrected chi connectivity index (χ1v) is 13.0. The Balaban J connectivity index is 1.56. The smallest absolute Gasteiger partial charge is 0.419 e. The van der Waals surface area contributed by atoms with E-state index in [1.54, 1.807) is 28.9 Å². The van der Waals surface area contributed by atoms with Crippen LogP contribution in [0.4, 0.5) is 16.3 Å². The lowest BCUT2D eigenvalue weighted by atomic mass is 10.1. The normalized spacial score (nSPS) is 13.4. The summed E-state index contributed by atoms with van der Waals surface area (Å²) in [6.07, 6.45) is 2.77. The third kappa shape index (κ3) is 6.20. The average Bonchev–Trinajstić information content (AvgIpc) is 3.70. The summed E-state index contributed by atoms with van der Waals surface area (Å²) in [5.74, 6) is -1.28. The van der Waals surface area contributed by atoms with Crippen molar-refractivity contribution in [2.75, 3.05) is 18.7 Å². The quantitative estimate of drug-likeness (QED) is 0.252. The molecule has 1 fully saturated rings. The summed E-state index contributed by atoms with van der Waals surface area (Å²) in [6, 6.07) is 4.63. The van der Waals surface area contributed by atoms with Crippen LogP contribution in [0, 0.1) is 13.8 Å². The monoisotopic (exact) mass is 552 g/mol. The molecule has 212 valence electrons. The molecule has 13 heteroatoms. The van der Waals surface area contributed by atoms with Gasteiger partial charge in [-0.3, -0.25) is 9.59 Å². The van der Waals surface area contributed by atoms with Gasteiger partial charge in [0.25, 0.3) is 11.8 Å². The number of fused-ring (bicyclic) bond motifs is 1. The molecule has 2 heterocycles. The predicted molar refractivity (Wildman–Crippen MR) is 143 cm³/mol. The van der Waals surface area contributed by atoms with E-state index >= 15 is 0 Å². The van der Waals surface area contributed by atoms with E-state index in [1.807, 2.05) is 20.8 Å². The summed E-state index contributed by atoms with van der Waals surface area (Å²) in [5, 5.41) is 19.6. The SMILES string of the molecule is CCCNC(=O)c1cn2ncnc(Nc3cc(C(=O)N(C(=O)OCOC(=O)C(C)O)C4CC4)ccc3C)c2c1C. The van der Waals surface area contributed by atoms with Gasteiger partial charge in [0.15, 0.2) is 5.82 Å². The van der Waals surface area contributed by atoms with E-state index in [4.69, 9.17) is 4.74 Å². The van der Waals surface area contributed by atoms with Gasteiger partial charge < -0.3 is 25.2 Å². The van der Waals surface area contributed by atoms with E-state index in [2.05, 4.69) is 25.5 Å². The lowest BCUT2D eigenvalue weighted by Crippen LogP contribution is -2.39. The van der Waals surface area contributed by atoms with Crippen molar-refractivity contribution in [3.8, 4) is 0 Å². The van der Waals surface area contributed by atoms with Crippen molar-refractivity contribution >= 4 is 40.9 Å². The Hall–Kier alpha value is -4.52. The Morgan fingerprint density at radius 2 is 1.95 bits per heavy atom. The Bertz CT molecular complexity index is 1450. The highest BCUT2D eigenvalue weighted by Gasteiger charge is 2.39. The fourth-order valence-corrected chi connectivity index (χ4v) is 4.03. The maximum atomic E-state index is 13.4. The number of nitrogens with zero attached hydrogens (tertiary/aromatic N) is 4. The number of amides is 3. The second-order valence-corrected chi connectivity index (χ2v) is 9.55.